The molecular formula is C22H14ClN3O9. The van der Waals surface area contributed by atoms with Gasteiger partial charge in [-0.1, -0.05) is 23.7 Å². The number of carbonyl (C=O) groups excluding carboxylic acids is 1. The summed E-state index contributed by atoms with van der Waals surface area (Å²) in [6.45, 7) is 0. The maximum atomic E-state index is 12.5. The molecule has 0 radical (unpaired) electrons. The number of methoxy groups -OCH3 is 1. The lowest BCUT2D eigenvalue weighted by molar-refractivity contribution is -0.394. The van der Waals surface area contributed by atoms with E-state index in [1.54, 1.807) is 0 Å². The summed E-state index contributed by atoms with van der Waals surface area (Å²) in [5.74, 6) is -0.719. The molecule has 0 fully saturated rings. The molecule has 13 heteroatoms. The van der Waals surface area contributed by atoms with E-state index < -0.39 is 37.8 Å². The minimum Gasteiger partial charge on any atom is -0.493 e. The van der Waals surface area contributed by atoms with Crippen LogP contribution in [0.2, 0.25) is 5.02 Å². The lowest BCUT2D eigenvalue weighted by atomic mass is 10.1. The molecule has 178 valence electrons. The van der Waals surface area contributed by atoms with Crippen molar-refractivity contribution in [1.82, 2.24) is 0 Å². The molecule has 12 nitrogen and oxygen atoms in total. The first kappa shape index (κ1) is 24.8. The standard InChI is InChI=1S/C22H14ClN3O9/c1-34-21-10-13(2-4-14-5-7-16(24(28)29)12-18(14)25(30)31)3-9-20(21)35-22(27)15-6-8-17(23)19(11-15)26(32)33/h2-12H,1H3/b4-2+. The molecule has 35 heavy (non-hydrogen) atoms. The maximum Gasteiger partial charge on any atom is 0.343 e. The highest BCUT2D eigenvalue weighted by atomic mass is 35.5. The number of benzene rings is 3. The number of carbonyl (C=O) groups is 1. The summed E-state index contributed by atoms with van der Waals surface area (Å²) < 4.78 is 10.5. The number of nitrogens with zero attached hydrogens (tertiary/aromatic N) is 3. The number of non-ortho nitro benzene ring substituents is 1. The Morgan fingerprint density at radius 1 is 0.829 bits per heavy atom. The summed E-state index contributed by atoms with van der Waals surface area (Å²) in [6, 6.07) is 11.2. The zero-order valence-electron chi connectivity index (χ0n) is 17.7. The lowest BCUT2D eigenvalue weighted by Crippen LogP contribution is -2.09. The summed E-state index contributed by atoms with van der Waals surface area (Å²) in [5.41, 5.74) is -0.750. The molecule has 3 rings (SSSR count). The summed E-state index contributed by atoms with van der Waals surface area (Å²) in [4.78, 5) is 43.5. The third-order valence-corrected chi connectivity index (χ3v) is 4.97. The van der Waals surface area contributed by atoms with E-state index in [4.69, 9.17) is 21.1 Å². The Balaban J connectivity index is 1.85. The van der Waals surface area contributed by atoms with Crippen LogP contribution in [0.1, 0.15) is 21.5 Å². The number of hydrogen-bond acceptors (Lipinski definition) is 9. The van der Waals surface area contributed by atoms with Gasteiger partial charge >= 0.3 is 5.97 Å². The Hall–Kier alpha value is -4.84. The first-order valence-corrected chi connectivity index (χ1v) is 9.93. The molecule has 0 heterocycles. The van der Waals surface area contributed by atoms with Crippen LogP contribution in [0.5, 0.6) is 11.5 Å². The fraction of sp³-hybridized carbons (Fsp3) is 0.0455. The summed E-state index contributed by atoms with van der Waals surface area (Å²) in [6.07, 6.45) is 2.90. The molecule has 3 aromatic carbocycles. The Morgan fingerprint density at radius 2 is 1.54 bits per heavy atom. The zero-order chi connectivity index (χ0) is 25.7. The van der Waals surface area contributed by atoms with E-state index in [0.717, 1.165) is 18.2 Å². The van der Waals surface area contributed by atoms with Crippen LogP contribution in [0, 0.1) is 30.3 Å². The molecule has 0 saturated carbocycles. The van der Waals surface area contributed by atoms with Crippen LogP contribution in [0.25, 0.3) is 12.2 Å². The number of nitro groups is 3. The van der Waals surface area contributed by atoms with E-state index in [-0.39, 0.29) is 27.6 Å². The van der Waals surface area contributed by atoms with Gasteiger partial charge in [0.15, 0.2) is 11.5 Å². The number of esters is 1. The molecule has 0 amide bonds. The fourth-order valence-electron chi connectivity index (χ4n) is 2.94. The molecule has 0 bridgehead atoms. The lowest BCUT2D eigenvalue weighted by Gasteiger charge is -2.10. The van der Waals surface area contributed by atoms with Crippen molar-refractivity contribution in [1.29, 1.82) is 0 Å². The van der Waals surface area contributed by atoms with E-state index in [9.17, 15) is 35.1 Å². The molecule has 0 aliphatic heterocycles. The van der Waals surface area contributed by atoms with Crippen LogP contribution < -0.4 is 9.47 Å². The third-order valence-electron chi connectivity index (χ3n) is 4.65. The molecule has 0 unspecified atom stereocenters. The normalized spacial score (nSPS) is 10.7. The smallest absolute Gasteiger partial charge is 0.343 e. The highest BCUT2D eigenvalue weighted by Gasteiger charge is 2.20. The summed E-state index contributed by atoms with van der Waals surface area (Å²) in [7, 11) is 1.33. The van der Waals surface area contributed by atoms with Crippen LogP contribution in [-0.2, 0) is 0 Å². The van der Waals surface area contributed by atoms with Gasteiger partial charge in [-0.05, 0) is 42.0 Å². The van der Waals surface area contributed by atoms with E-state index in [1.807, 2.05) is 0 Å². The Kier molecular flexibility index (Phi) is 7.37. The van der Waals surface area contributed by atoms with E-state index in [1.165, 1.54) is 55.7 Å². The van der Waals surface area contributed by atoms with Gasteiger partial charge in [0.1, 0.15) is 5.02 Å². The second-order valence-corrected chi connectivity index (χ2v) is 7.22. The molecule has 0 aromatic heterocycles. The highest BCUT2D eigenvalue weighted by molar-refractivity contribution is 6.32. The molecule has 0 aliphatic carbocycles. The minimum atomic E-state index is -0.882. The van der Waals surface area contributed by atoms with Crippen molar-refractivity contribution in [2.24, 2.45) is 0 Å². The van der Waals surface area contributed by atoms with Crippen LogP contribution >= 0.6 is 11.6 Å². The third kappa shape index (κ3) is 5.75. The van der Waals surface area contributed by atoms with Gasteiger partial charge in [-0.15, -0.1) is 0 Å². The van der Waals surface area contributed by atoms with Crippen molar-refractivity contribution >= 4 is 46.8 Å². The van der Waals surface area contributed by atoms with E-state index in [2.05, 4.69) is 0 Å². The van der Waals surface area contributed by atoms with Gasteiger partial charge in [0.25, 0.3) is 17.1 Å². The van der Waals surface area contributed by atoms with Crippen molar-refractivity contribution in [3.8, 4) is 11.5 Å². The monoisotopic (exact) mass is 499 g/mol. The first-order chi connectivity index (χ1) is 16.6. The second-order valence-electron chi connectivity index (χ2n) is 6.81. The van der Waals surface area contributed by atoms with Gasteiger partial charge in [-0.25, -0.2) is 4.79 Å². The van der Waals surface area contributed by atoms with Crippen molar-refractivity contribution in [3.05, 3.63) is 107 Å². The summed E-state index contributed by atoms with van der Waals surface area (Å²) >= 11 is 5.76. The maximum absolute atomic E-state index is 12.5. The minimum absolute atomic E-state index is 0.0218. The van der Waals surface area contributed by atoms with Crippen molar-refractivity contribution < 1.29 is 29.0 Å². The Morgan fingerprint density at radius 3 is 2.17 bits per heavy atom. The van der Waals surface area contributed by atoms with Crippen molar-refractivity contribution in [3.63, 3.8) is 0 Å². The van der Waals surface area contributed by atoms with Crippen molar-refractivity contribution in [2.75, 3.05) is 7.11 Å². The molecule has 3 aromatic rings. The average Bonchev–Trinajstić information content (AvgIpc) is 2.83. The number of ether oxygens (including phenoxy) is 2. The number of halogens is 1. The van der Waals surface area contributed by atoms with Gasteiger partial charge in [0.2, 0.25) is 0 Å². The van der Waals surface area contributed by atoms with E-state index in [0.29, 0.717) is 5.56 Å². The first-order valence-electron chi connectivity index (χ1n) is 9.55. The van der Waals surface area contributed by atoms with Gasteiger partial charge in [0.05, 0.1) is 39.1 Å². The molecule has 0 spiro atoms. The Bertz CT molecular complexity index is 1390. The van der Waals surface area contributed by atoms with Gasteiger partial charge in [-0.2, -0.15) is 0 Å². The predicted octanol–water partition coefficient (Wildman–Crippen LogP) is 5.46. The molecule has 0 aliphatic rings. The molecule has 0 saturated heterocycles. The van der Waals surface area contributed by atoms with Crippen molar-refractivity contribution in [2.45, 2.75) is 0 Å². The highest BCUT2D eigenvalue weighted by Crippen LogP contribution is 2.32. The second kappa shape index (κ2) is 10.4. The largest absolute Gasteiger partial charge is 0.493 e. The van der Waals surface area contributed by atoms with Crippen LogP contribution in [0.4, 0.5) is 17.1 Å². The Labute approximate surface area is 201 Å². The van der Waals surface area contributed by atoms with Gasteiger partial charge < -0.3 is 9.47 Å². The molecular weight excluding hydrogens is 486 g/mol. The fourth-order valence-corrected chi connectivity index (χ4v) is 3.13. The summed E-state index contributed by atoms with van der Waals surface area (Å²) in [5, 5.41) is 33.1. The topological polar surface area (TPSA) is 165 Å². The van der Waals surface area contributed by atoms with Crippen LogP contribution in [0.15, 0.2) is 54.6 Å². The quantitative estimate of drug-likeness (QED) is 0.128. The van der Waals surface area contributed by atoms with Gasteiger partial charge in [-0.3, -0.25) is 30.3 Å². The SMILES string of the molecule is COc1cc(/C=C/c2ccc([N+](=O)[O-])cc2[N+](=O)[O-])ccc1OC(=O)c1ccc(Cl)c([N+](=O)[O-])c1. The molecule has 0 atom stereocenters. The average molecular weight is 500 g/mol. The van der Waals surface area contributed by atoms with E-state index >= 15 is 0 Å². The number of rotatable bonds is 8. The molecule has 0 N–H and O–H groups in total. The van der Waals surface area contributed by atoms with Crippen LogP contribution in [-0.4, -0.2) is 27.8 Å². The number of nitro benzene ring substituents is 3. The number of hydrogen-bond donors (Lipinski definition) is 0. The zero-order valence-corrected chi connectivity index (χ0v) is 18.5. The van der Waals surface area contributed by atoms with Crippen LogP contribution in [0.3, 0.4) is 0 Å². The predicted molar refractivity (Wildman–Crippen MR) is 125 cm³/mol. The van der Waals surface area contributed by atoms with Gasteiger partial charge in [0, 0.05) is 12.1 Å².